The number of morpholine rings is 1. The van der Waals surface area contributed by atoms with Gasteiger partial charge >= 0.3 is 6.03 Å². The molecule has 0 spiro atoms. The first-order valence-electron chi connectivity index (χ1n) is 8.07. The highest BCUT2D eigenvalue weighted by Crippen LogP contribution is 2.34. The smallest absolute Gasteiger partial charge is 0.318 e. The van der Waals surface area contributed by atoms with Crippen LogP contribution in [0.15, 0.2) is 24.3 Å². The molecule has 1 saturated heterocycles. The average Bonchev–Trinajstić information content (AvgIpc) is 2.95. The van der Waals surface area contributed by atoms with Crippen LogP contribution in [-0.2, 0) is 16.0 Å². The van der Waals surface area contributed by atoms with E-state index in [4.69, 9.17) is 9.47 Å². The Morgan fingerprint density at radius 3 is 3.13 bits per heavy atom. The van der Waals surface area contributed by atoms with Crippen LogP contribution in [-0.4, -0.2) is 49.9 Å². The summed E-state index contributed by atoms with van der Waals surface area (Å²) in [6, 6.07) is 6.28. The Balaban J connectivity index is 1.58. The summed E-state index contributed by atoms with van der Waals surface area (Å²) in [5.74, 6) is 0.146. The van der Waals surface area contributed by atoms with Gasteiger partial charge in [-0.3, -0.25) is 0 Å². The number of benzene rings is 1. The zero-order valence-electron chi connectivity index (χ0n) is 13.3. The van der Waals surface area contributed by atoms with Crippen LogP contribution in [0.2, 0.25) is 0 Å². The van der Waals surface area contributed by atoms with Crippen LogP contribution < -0.4 is 5.32 Å². The molecule has 2 amide bonds. The van der Waals surface area contributed by atoms with E-state index in [0.717, 1.165) is 18.4 Å². The van der Waals surface area contributed by atoms with Crippen molar-refractivity contribution >= 4 is 6.03 Å². The Labute approximate surface area is 135 Å². The molecule has 1 aliphatic carbocycles. The minimum atomic E-state index is -0.290. The lowest BCUT2D eigenvalue weighted by molar-refractivity contribution is -0.0388. The van der Waals surface area contributed by atoms with E-state index in [1.54, 1.807) is 19.2 Å². The van der Waals surface area contributed by atoms with Gasteiger partial charge in [0, 0.05) is 26.8 Å². The highest BCUT2D eigenvalue weighted by molar-refractivity contribution is 5.74. The summed E-state index contributed by atoms with van der Waals surface area (Å²) in [6.07, 6.45) is 1.95. The van der Waals surface area contributed by atoms with Gasteiger partial charge in [0.15, 0.2) is 0 Å². The van der Waals surface area contributed by atoms with Crippen molar-refractivity contribution < 1.29 is 18.7 Å². The number of nitrogens with zero attached hydrogens (tertiary/aromatic N) is 1. The summed E-state index contributed by atoms with van der Waals surface area (Å²) in [6.45, 7) is 2.19. The van der Waals surface area contributed by atoms with Crippen LogP contribution in [0.25, 0.3) is 0 Å². The largest absolute Gasteiger partial charge is 0.384 e. The molecule has 3 unspecified atom stereocenters. The molecule has 0 aromatic heterocycles. The van der Waals surface area contributed by atoms with Crippen LogP contribution in [0, 0.1) is 11.7 Å². The van der Waals surface area contributed by atoms with Crippen LogP contribution in [0.3, 0.4) is 0 Å². The van der Waals surface area contributed by atoms with Gasteiger partial charge in [-0.25, -0.2) is 9.18 Å². The molecule has 1 aromatic carbocycles. The molecule has 1 aliphatic heterocycles. The molecule has 2 fully saturated rings. The second-order valence-corrected chi connectivity index (χ2v) is 6.25. The van der Waals surface area contributed by atoms with Gasteiger partial charge in [0.05, 0.1) is 18.8 Å². The zero-order valence-corrected chi connectivity index (χ0v) is 13.3. The molecule has 5 nitrogen and oxygen atoms in total. The van der Waals surface area contributed by atoms with Crippen molar-refractivity contribution in [3.05, 3.63) is 35.6 Å². The van der Waals surface area contributed by atoms with E-state index < -0.39 is 0 Å². The summed E-state index contributed by atoms with van der Waals surface area (Å²) in [5.41, 5.74) is 0.756. The first-order chi connectivity index (χ1) is 11.2. The molecule has 3 atom stereocenters. The number of ether oxygens (including phenoxy) is 2. The highest BCUT2D eigenvalue weighted by atomic mass is 19.1. The third-order valence-corrected chi connectivity index (χ3v) is 4.63. The predicted molar refractivity (Wildman–Crippen MR) is 83.5 cm³/mol. The average molecular weight is 322 g/mol. The molecule has 23 heavy (non-hydrogen) atoms. The third-order valence-electron chi connectivity index (χ3n) is 4.63. The SMILES string of the molecule is COCC1CC2OCCN(C(=O)NCc3cccc(F)c3)C2C1. The van der Waals surface area contributed by atoms with Crippen molar-refractivity contribution in [3.63, 3.8) is 0 Å². The van der Waals surface area contributed by atoms with E-state index >= 15 is 0 Å². The summed E-state index contributed by atoms with van der Waals surface area (Å²) in [4.78, 5) is 14.4. The van der Waals surface area contributed by atoms with Crippen molar-refractivity contribution in [2.75, 3.05) is 26.9 Å². The van der Waals surface area contributed by atoms with E-state index in [1.807, 2.05) is 4.90 Å². The minimum Gasteiger partial charge on any atom is -0.384 e. The van der Waals surface area contributed by atoms with Gasteiger partial charge in [-0.1, -0.05) is 12.1 Å². The quantitative estimate of drug-likeness (QED) is 0.924. The molecular formula is C17H23FN2O3. The second kappa shape index (κ2) is 7.27. The van der Waals surface area contributed by atoms with Crippen molar-refractivity contribution in [1.29, 1.82) is 0 Å². The second-order valence-electron chi connectivity index (χ2n) is 6.25. The maximum atomic E-state index is 13.2. The Kier molecular flexibility index (Phi) is 5.13. The monoisotopic (exact) mass is 322 g/mol. The van der Waals surface area contributed by atoms with Gasteiger partial charge in [0.25, 0.3) is 0 Å². The molecule has 1 saturated carbocycles. The number of hydrogen-bond donors (Lipinski definition) is 1. The maximum Gasteiger partial charge on any atom is 0.318 e. The van der Waals surface area contributed by atoms with Gasteiger partial charge in [0.2, 0.25) is 0 Å². The lowest BCUT2D eigenvalue weighted by Crippen LogP contribution is -2.54. The van der Waals surface area contributed by atoms with Gasteiger partial charge < -0.3 is 19.7 Å². The number of methoxy groups -OCH3 is 1. The standard InChI is InChI=1S/C17H23FN2O3/c1-22-11-13-8-15-16(9-13)23-6-5-20(15)17(21)19-10-12-3-2-4-14(18)7-12/h2-4,7,13,15-16H,5-6,8-11H2,1H3,(H,19,21). The highest BCUT2D eigenvalue weighted by Gasteiger charge is 2.42. The van der Waals surface area contributed by atoms with Gasteiger partial charge in [0.1, 0.15) is 5.82 Å². The topological polar surface area (TPSA) is 50.8 Å². The van der Waals surface area contributed by atoms with Crippen LogP contribution in [0.5, 0.6) is 0 Å². The van der Waals surface area contributed by atoms with Crippen LogP contribution in [0.4, 0.5) is 9.18 Å². The molecule has 2 aliphatic rings. The first kappa shape index (κ1) is 16.2. The molecule has 0 bridgehead atoms. The Morgan fingerprint density at radius 2 is 2.35 bits per heavy atom. The molecule has 126 valence electrons. The molecule has 6 heteroatoms. The summed E-state index contributed by atoms with van der Waals surface area (Å²) in [5, 5.41) is 2.89. The number of nitrogens with one attached hydrogen (secondary N) is 1. The lowest BCUT2D eigenvalue weighted by Gasteiger charge is -2.37. The van der Waals surface area contributed by atoms with E-state index in [2.05, 4.69) is 5.32 Å². The normalized spacial score (nSPS) is 26.9. The number of hydrogen-bond acceptors (Lipinski definition) is 3. The van der Waals surface area contributed by atoms with Crippen molar-refractivity contribution in [1.82, 2.24) is 10.2 Å². The van der Waals surface area contributed by atoms with E-state index in [9.17, 15) is 9.18 Å². The van der Waals surface area contributed by atoms with Gasteiger partial charge in [-0.15, -0.1) is 0 Å². The number of rotatable bonds is 4. The fourth-order valence-corrected chi connectivity index (χ4v) is 3.60. The number of carbonyl (C=O) groups excluding carboxylic acids is 1. The first-order valence-corrected chi connectivity index (χ1v) is 8.07. The molecule has 1 N–H and O–H groups in total. The fourth-order valence-electron chi connectivity index (χ4n) is 3.60. The number of fused-ring (bicyclic) bond motifs is 1. The van der Waals surface area contributed by atoms with Gasteiger partial charge in [-0.05, 0) is 36.5 Å². The number of halogens is 1. The van der Waals surface area contributed by atoms with Gasteiger partial charge in [-0.2, -0.15) is 0 Å². The van der Waals surface area contributed by atoms with Crippen molar-refractivity contribution in [2.24, 2.45) is 5.92 Å². The minimum absolute atomic E-state index is 0.101. The Morgan fingerprint density at radius 1 is 1.48 bits per heavy atom. The molecular weight excluding hydrogens is 299 g/mol. The van der Waals surface area contributed by atoms with E-state index in [1.165, 1.54) is 12.1 Å². The zero-order chi connectivity index (χ0) is 16.2. The molecule has 1 aromatic rings. The van der Waals surface area contributed by atoms with E-state index in [-0.39, 0.29) is 24.0 Å². The van der Waals surface area contributed by atoms with E-state index in [0.29, 0.717) is 32.2 Å². The third kappa shape index (κ3) is 3.82. The maximum absolute atomic E-state index is 13.2. The Hall–Kier alpha value is -1.66. The number of carbonyl (C=O) groups is 1. The number of amides is 2. The number of urea groups is 1. The summed E-state index contributed by atoms with van der Waals surface area (Å²) >= 11 is 0. The Bertz CT molecular complexity index is 554. The summed E-state index contributed by atoms with van der Waals surface area (Å²) < 4.78 is 24.2. The van der Waals surface area contributed by atoms with Crippen LogP contribution >= 0.6 is 0 Å². The fraction of sp³-hybridized carbons (Fsp3) is 0.588. The molecule has 0 radical (unpaired) electrons. The van der Waals surface area contributed by atoms with Crippen molar-refractivity contribution in [3.8, 4) is 0 Å². The lowest BCUT2D eigenvalue weighted by atomic mass is 10.1. The summed E-state index contributed by atoms with van der Waals surface area (Å²) in [7, 11) is 1.70. The molecule has 3 rings (SSSR count). The predicted octanol–water partition coefficient (Wildman–Crippen LogP) is 2.16. The molecule has 1 heterocycles. The van der Waals surface area contributed by atoms with Crippen molar-refractivity contribution in [2.45, 2.75) is 31.5 Å². The van der Waals surface area contributed by atoms with Crippen LogP contribution in [0.1, 0.15) is 18.4 Å².